The van der Waals surface area contributed by atoms with Crippen LogP contribution in [-0.4, -0.2) is 24.3 Å². The topological polar surface area (TPSA) is 96.5 Å². The number of hydrazine groups is 1. The van der Waals surface area contributed by atoms with E-state index in [1.807, 2.05) is 19.1 Å². The molecule has 0 atom stereocenters. The first-order chi connectivity index (χ1) is 16.0. The zero-order valence-corrected chi connectivity index (χ0v) is 18.7. The number of aryl methyl sites for hydroxylation is 1. The van der Waals surface area contributed by atoms with Crippen LogP contribution >= 0.6 is 0 Å². The van der Waals surface area contributed by atoms with E-state index < -0.39 is 11.8 Å². The van der Waals surface area contributed by atoms with Crippen LogP contribution in [0, 0.1) is 6.92 Å². The number of rotatable bonds is 8. The highest BCUT2D eigenvalue weighted by Gasteiger charge is 2.14. The lowest BCUT2D eigenvalue weighted by atomic mass is 10.1. The Hall–Kier alpha value is -4.13. The maximum atomic E-state index is 12.5. The summed E-state index contributed by atoms with van der Waals surface area (Å²) in [7, 11) is 0. The van der Waals surface area contributed by atoms with Crippen molar-refractivity contribution in [3.63, 3.8) is 0 Å². The van der Waals surface area contributed by atoms with Crippen LogP contribution in [0.25, 0.3) is 0 Å². The Labute approximate surface area is 193 Å². The van der Waals surface area contributed by atoms with Gasteiger partial charge in [0, 0.05) is 16.8 Å². The number of nitrogens with one attached hydrogen (secondary N) is 3. The largest absolute Gasteiger partial charge is 0.493 e. The van der Waals surface area contributed by atoms with Crippen molar-refractivity contribution in [2.45, 2.75) is 26.7 Å². The molecule has 3 aromatic carbocycles. The highest BCUT2D eigenvalue weighted by molar-refractivity contribution is 6.05. The zero-order valence-electron chi connectivity index (χ0n) is 18.7. The van der Waals surface area contributed by atoms with E-state index in [-0.39, 0.29) is 5.91 Å². The standard InChI is InChI=1S/C26H27N3O4/c1-3-4-17-33-23-12-8-7-11-22(23)26(32)29-28-24(30)19-13-15-20(16-14-19)27-25(31)21-10-6-5-9-18(21)2/h5-16H,3-4,17H2,1-2H3,(H,27,31)(H,28,30)(H,29,32). The molecule has 0 aliphatic heterocycles. The predicted octanol–water partition coefficient (Wildman–Crippen LogP) is 4.50. The number of anilines is 1. The van der Waals surface area contributed by atoms with Gasteiger partial charge in [0.2, 0.25) is 0 Å². The first-order valence-corrected chi connectivity index (χ1v) is 10.8. The molecule has 7 nitrogen and oxygen atoms in total. The fraction of sp³-hybridized carbons (Fsp3) is 0.192. The highest BCUT2D eigenvalue weighted by atomic mass is 16.5. The quantitative estimate of drug-likeness (QED) is 0.351. The molecule has 0 bridgehead atoms. The number of ether oxygens (including phenoxy) is 1. The summed E-state index contributed by atoms with van der Waals surface area (Å²) in [6, 6.07) is 20.6. The second-order valence-corrected chi connectivity index (χ2v) is 7.45. The molecule has 0 saturated heterocycles. The van der Waals surface area contributed by atoms with Crippen LogP contribution in [0.3, 0.4) is 0 Å². The van der Waals surface area contributed by atoms with Crippen molar-refractivity contribution in [1.82, 2.24) is 10.9 Å². The van der Waals surface area contributed by atoms with Gasteiger partial charge in [-0.15, -0.1) is 0 Å². The molecule has 3 N–H and O–H groups in total. The molecule has 0 fully saturated rings. The predicted molar refractivity (Wildman–Crippen MR) is 127 cm³/mol. The van der Waals surface area contributed by atoms with Gasteiger partial charge in [-0.3, -0.25) is 25.2 Å². The van der Waals surface area contributed by atoms with E-state index in [9.17, 15) is 14.4 Å². The van der Waals surface area contributed by atoms with E-state index in [0.29, 0.717) is 34.7 Å². The fourth-order valence-electron chi connectivity index (χ4n) is 3.09. The molecule has 0 saturated carbocycles. The van der Waals surface area contributed by atoms with E-state index in [1.165, 1.54) is 0 Å². The Balaban J connectivity index is 1.56. The Kier molecular flexibility index (Phi) is 8.18. The lowest BCUT2D eigenvalue weighted by molar-refractivity contribution is 0.0844. The minimum absolute atomic E-state index is 0.225. The number of unbranched alkanes of at least 4 members (excludes halogenated alkanes) is 1. The molecule has 0 spiro atoms. The molecule has 0 unspecified atom stereocenters. The lowest BCUT2D eigenvalue weighted by Crippen LogP contribution is -2.41. The highest BCUT2D eigenvalue weighted by Crippen LogP contribution is 2.18. The molecule has 3 amide bonds. The maximum absolute atomic E-state index is 12.5. The summed E-state index contributed by atoms with van der Waals surface area (Å²) in [5.41, 5.74) is 7.50. The second-order valence-electron chi connectivity index (χ2n) is 7.45. The third-order valence-corrected chi connectivity index (χ3v) is 4.97. The Morgan fingerprint density at radius 3 is 2.09 bits per heavy atom. The molecule has 0 radical (unpaired) electrons. The van der Waals surface area contributed by atoms with Crippen LogP contribution in [0.15, 0.2) is 72.8 Å². The SMILES string of the molecule is CCCCOc1ccccc1C(=O)NNC(=O)c1ccc(NC(=O)c2ccccc2C)cc1. The zero-order chi connectivity index (χ0) is 23.6. The van der Waals surface area contributed by atoms with Crippen LogP contribution in [0.4, 0.5) is 5.69 Å². The van der Waals surface area contributed by atoms with E-state index in [1.54, 1.807) is 60.7 Å². The number of carbonyl (C=O) groups is 3. The molecule has 0 heterocycles. The molecular formula is C26H27N3O4. The van der Waals surface area contributed by atoms with E-state index in [4.69, 9.17) is 4.74 Å². The van der Waals surface area contributed by atoms with E-state index in [2.05, 4.69) is 23.1 Å². The number of para-hydroxylation sites is 1. The molecule has 170 valence electrons. The van der Waals surface area contributed by atoms with Gasteiger partial charge in [0.05, 0.1) is 12.2 Å². The van der Waals surface area contributed by atoms with Crippen molar-refractivity contribution in [3.05, 3.63) is 95.1 Å². The first-order valence-electron chi connectivity index (χ1n) is 10.8. The number of hydrogen-bond acceptors (Lipinski definition) is 4. The molecular weight excluding hydrogens is 418 g/mol. The second kappa shape index (κ2) is 11.5. The van der Waals surface area contributed by atoms with Crippen LogP contribution in [0.1, 0.15) is 56.4 Å². The number of carbonyl (C=O) groups excluding carboxylic acids is 3. The monoisotopic (exact) mass is 445 g/mol. The van der Waals surface area contributed by atoms with Gasteiger partial charge in [-0.05, 0) is 61.4 Å². The van der Waals surface area contributed by atoms with Gasteiger partial charge in [0.1, 0.15) is 5.75 Å². The van der Waals surface area contributed by atoms with Crippen molar-refractivity contribution in [2.24, 2.45) is 0 Å². The third kappa shape index (κ3) is 6.43. The Morgan fingerprint density at radius 1 is 0.758 bits per heavy atom. The van der Waals surface area contributed by atoms with Crippen LogP contribution in [0.2, 0.25) is 0 Å². The number of hydrogen-bond donors (Lipinski definition) is 3. The lowest BCUT2D eigenvalue weighted by Gasteiger charge is -2.12. The third-order valence-electron chi connectivity index (χ3n) is 4.97. The van der Waals surface area contributed by atoms with Crippen molar-refractivity contribution < 1.29 is 19.1 Å². The molecule has 3 aromatic rings. The minimum Gasteiger partial charge on any atom is -0.493 e. The van der Waals surface area contributed by atoms with Gasteiger partial charge in [-0.2, -0.15) is 0 Å². The molecule has 3 rings (SSSR count). The van der Waals surface area contributed by atoms with Gasteiger partial charge in [0.25, 0.3) is 17.7 Å². The maximum Gasteiger partial charge on any atom is 0.273 e. The van der Waals surface area contributed by atoms with E-state index >= 15 is 0 Å². The summed E-state index contributed by atoms with van der Waals surface area (Å²) in [5, 5.41) is 2.81. The van der Waals surface area contributed by atoms with Gasteiger partial charge >= 0.3 is 0 Å². The summed E-state index contributed by atoms with van der Waals surface area (Å²) < 4.78 is 5.67. The van der Waals surface area contributed by atoms with Crippen molar-refractivity contribution in [2.75, 3.05) is 11.9 Å². The summed E-state index contributed by atoms with van der Waals surface area (Å²) in [6.07, 6.45) is 1.87. The number of benzene rings is 3. The molecule has 7 heteroatoms. The first kappa shape index (κ1) is 23.5. The molecule has 0 aliphatic rings. The van der Waals surface area contributed by atoms with Gasteiger partial charge < -0.3 is 10.1 Å². The molecule has 0 aliphatic carbocycles. The van der Waals surface area contributed by atoms with Crippen molar-refractivity contribution in [3.8, 4) is 5.75 Å². The van der Waals surface area contributed by atoms with Crippen LogP contribution in [0.5, 0.6) is 5.75 Å². The van der Waals surface area contributed by atoms with E-state index in [0.717, 1.165) is 18.4 Å². The Bertz CT molecular complexity index is 1130. The minimum atomic E-state index is -0.482. The smallest absolute Gasteiger partial charge is 0.273 e. The normalized spacial score (nSPS) is 10.2. The summed E-state index contributed by atoms with van der Waals surface area (Å²) in [4.78, 5) is 37.4. The van der Waals surface area contributed by atoms with Crippen molar-refractivity contribution >= 4 is 23.4 Å². The van der Waals surface area contributed by atoms with Gasteiger partial charge in [-0.25, -0.2) is 0 Å². The van der Waals surface area contributed by atoms with Crippen molar-refractivity contribution in [1.29, 1.82) is 0 Å². The van der Waals surface area contributed by atoms with Gasteiger partial charge in [-0.1, -0.05) is 43.7 Å². The van der Waals surface area contributed by atoms with Crippen LogP contribution < -0.4 is 20.9 Å². The Morgan fingerprint density at radius 2 is 1.39 bits per heavy atom. The molecule has 33 heavy (non-hydrogen) atoms. The summed E-state index contributed by atoms with van der Waals surface area (Å²) >= 11 is 0. The fourth-order valence-corrected chi connectivity index (χ4v) is 3.09. The summed E-state index contributed by atoms with van der Waals surface area (Å²) in [6.45, 7) is 4.44. The molecule has 0 aromatic heterocycles. The van der Waals surface area contributed by atoms with Gasteiger partial charge in [0.15, 0.2) is 0 Å². The summed E-state index contributed by atoms with van der Waals surface area (Å²) in [5.74, 6) is -0.717. The van der Waals surface area contributed by atoms with Crippen LogP contribution in [-0.2, 0) is 0 Å². The average Bonchev–Trinajstić information content (AvgIpc) is 2.83. The number of amides is 3. The average molecular weight is 446 g/mol.